The second kappa shape index (κ2) is 5.17. The van der Waals surface area contributed by atoms with Gasteiger partial charge in [-0.15, -0.1) is 0 Å². The van der Waals surface area contributed by atoms with Gasteiger partial charge in [-0.05, 0) is 23.8 Å². The van der Waals surface area contributed by atoms with Crippen LogP contribution in [0, 0.1) is 0 Å². The van der Waals surface area contributed by atoms with E-state index >= 15 is 0 Å². The van der Waals surface area contributed by atoms with E-state index in [-0.39, 0.29) is 5.56 Å². The number of anilines is 1. The molecule has 0 saturated heterocycles. The van der Waals surface area contributed by atoms with Gasteiger partial charge in [0.2, 0.25) is 0 Å². The van der Waals surface area contributed by atoms with Crippen molar-refractivity contribution in [1.29, 1.82) is 0 Å². The first-order valence-electron chi connectivity index (χ1n) is 6.47. The average molecular weight is 265 g/mol. The van der Waals surface area contributed by atoms with Crippen LogP contribution in [0.4, 0.5) is 5.69 Å². The Morgan fingerprint density at radius 1 is 1.15 bits per heavy atom. The van der Waals surface area contributed by atoms with Crippen molar-refractivity contribution in [3.8, 4) is 0 Å². The molecule has 1 N–H and O–H groups in total. The molecule has 0 spiro atoms. The third-order valence-electron chi connectivity index (χ3n) is 3.39. The number of rotatable bonds is 3. The lowest BCUT2D eigenvalue weighted by molar-refractivity contribution is 0.905. The average Bonchev–Trinajstić information content (AvgIpc) is 2.50. The topological polar surface area (TPSA) is 46.9 Å². The van der Waals surface area contributed by atoms with Crippen LogP contribution in [0.1, 0.15) is 5.56 Å². The second-order valence-electron chi connectivity index (χ2n) is 4.68. The molecule has 0 aliphatic carbocycles. The molecule has 2 aromatic heterocycles. The summed E-state index contributed by atoms with van der Waals surface area (Å²) in [7, 11) is 1.79. The molecule has 0 aliphatic rings. The molecule has 3 aromatic rings. The van der Waals surface area contributed by atoms with Gasteiger partial charge in [-0.1, -0.05) is 18.2 Å². The van der Waals surface area contributed by atoms with E-state index in [1.807, 2.05) is 36.4 Å². The molecule has 0 atom stereocenters. The minimum atomic E-state index is -0.0130. The molecule has 0 radical (unpaired) electrons. The Kier molecular flexibility index (Phi) is 3.21. The summed E-state index contributed by atoms with van der Waals surface area (Å²) >= 11 is 0. The van der Waals surface area contributed by atoms with Crippen LogP contribution < -0.4 is 10.9 Å². The van der Waals surface area contributed by atoms with Crippen molar-refractivity contribution >= 4 is 16.6 Å². The van der Waals surface area contributed by atoms with E-state index in [1.165, 1.54) is 0 Å². The molecule has 20 heavy (non-hydrogen) atoms. The number of para-hydroxylation sites is 1. The zero-order chi connectivity index (χ0) is 13.9. The molecule has 0 bridgehead atoms. The highest BCUT2D eigenvalue weighted by molar-refractivity contribution is 5.91. The van der Waals surface area contributed by atoms with Gasteiger partial charge in [-0.3, -0.25) is 9.78 Å². The predicted molar refractivity (Wildman–Crippen MR) is 80.8 cm³/mol. The van der Waals surface area contributed by atoms with E-state index in [2.05, 4.69) is 10.3 Å². The number of benzene rings is 1. The Balaban J connectivity index is 2.00. The lowest BCUT2D eigenvalue weighted by Crippen LogP contribution is -2.17. The summed E-state index contributed by atoms with van der Waals surface area (Å²) in [6, 6.07) is 13.4. The maximum atomic E-state index is 12.0. The number of hydrogen-bond acceptors (Lipinski definition) is 3. The van der Waals surface area contributed by atoms with E-state index in [1.54, 1.807) is 30.1 Å². The number of nitrogens with zero attached hydrogens (tertiary/aromatic N) is 2. The number of nitrogens with one attached hydrogen (secondary N) is 1. The van der Waals surface area contributed by atoms with Gasteiger partial charge in [-0.25, -0.2) is 0 Å². The van der Waals surface area contributed by atoms with Crippen LogP contribution in [0.3, 0.4) is 0 Å². The number of aryl methyl sites for hydroxylation is 1. The third-order valence-corrected chi connectivity index (χ3v) is 3.39. The van der Waals surface area contributed by atoms with Crippen LogP contribution in [-0.4, -0.2) is 9.55 Å². The van der Waals surface area contributed by atoms with Gasteiger partial charge in [0, 0.05) is 43.1 Å². The highest BCUT2D eigenvalue weighted by atomic mass is 16.1. The fraction of sp³-hybridized carbons (Fsp3) is 0.125. The van der Waals surface area contributed by atoms with Gasteiger partial charge in [0.15, 0.2) is 0 Å². The van der Waals surface area contributed by atoms with E-state index in [4.69, 9.17) is 0 Å². The smallest absolute Gasteiger partial charge is 0.252 e. The Morgan fingerprint density at radius 2 is 1.90 bits per heavy atom. The van der Waals surface area contributed by atoms with Crippen molar-refractivity contribution in [3.05, 3.63) is 70.8 Å². The van der Waals surface area contributed by atoms with Gasteiger partial charge in [0.1, 0.15) is 0 Å². The van der Waals surface area contributed by atoms with Crippen LogP contribution in [0.25, 0.3) is 10.9 Å². The van der Waals surface area contributed by atoms with Crippen molar-refractivity contribution in [2.24, 2.45) is 7.05 Å². The Hall–Kier alpha value is -2.62. The first-order chi connectivity index (χ1) is 9.75. The zero-order valence-electron chi connectivity index (χ0n) is 11.2. The molecule has 0 saturated carbocycles. The minimum Gasteiger partial charge on any atom is -0.380 e. The molecule has 2 heterocycles. The first-order valence-corrected chi connectivity index (χ1v) is 6.47. The first kappa shape index (κ1) is 12.4. The van der Waals surface area contributed by atoms with E-state index in [9.17, 15) is 4.79 Å². The Bertz CT molecular complexity index is 794. The second-order valence-corrected chi connectivity index (χ2v) is 4.68. The normalized spacial score (nSPS) is 10.7. The molecule has 0 fully saturated rings. The molecule has 100 valence electrons. The maximum Gasteiger partial charge on any atom is 0.252 e. The summed E-state index contributed by atoms with van der Waals surface area (Å²) in [5, 5.41) is 4.38. The zero-order valence-corrected chi connectivity index (χ0v) is 11.2. The molecular weight excluding hydrogens is 250 g/mol. The van der Waals surface area contributed by atoms with E-state index in [0.717, 1.165) is 22.2 Å². The van der Waals surface area contributed by atoms with Gasteiger partial charge < -0.3 is 9.88 Å². The van der Waals surface area contributed by atoms with Crippen LogP contribution >= 0.6 is 0 Å². The standard InChI is InChI=1S/C16H15N3O/c1-19-15-5-3-2-4-13(15)14(10-16(19)20)18-11-12-6-8-17-9-7-12/h2-10,18H,11H2,1H3. The van der Waals surface area contributed by atoms with Crippen molar-refractivity contribution in [1.82, 2.24) is 9.55 Å². The third kappa shape index (κ3) is 2.28. The summed E-state index contributed by atoms with van der Waals surface area (Å²) in [6.07, 6.45) is 3.53. The van der Waals surface area contributed by atoms with Gasteiger partial charge in [0.05, 0.1) is 5.52 Å². The number of hydrogen-bond donors (Lipinski definition) is 1. The highest BCUT2D eigenvalue weighted by Gasteiger charge is 2.05. The fourth-order valence-corrected chi connectivity index (χ4v) is 2.25. The van der Waals surface area contributed by atoms with E-state index in [0.29, 0.717) is 6.54 Å². The lowest BCUT2D eigenvalue weighted by Gasteiger charge is -2.12. The molecule has 0 amide bonds. The van der Waals surface area contributed by atoms with Crippen LogP contribution in [0.15, 0.2) is 59.7 Å². The number of pyridine rings is 2. The maximum absolute atomic E-state index is 12.0. The summed E-state index contributed by atoms with van der Waals surface area (Å²) < 4.78 is 1.66. The molecule has 4 heteroatoms. The monoisotopic (exact) mass is 265 g/mol. The predicted octanol–water partition coefficient (Wildman–Crippen LogP) is 2.55. The van der Waals surface area contributed by atoms with Crippen molar-refractivity contribution < 1.29 is 0 Å². The summed E-state index contributed by atoms with van der Waals surface area (Å²) in [6.45, 7) is 0.666. The van der Waals surface area contributed by atoms with Crippen molar-refractivity contribution in [2.75, 3.05) is 5.32 Å². The summed E-state index contributed by atoms with van der Waals surface area (Å²) in [5.74, 6) is 0. The van der Waals surface area contributed by atoms with Crippen molar-refractivity contribution in [3.63, 3.8) is 0 Å². The molecule has 0 aliphatic heterocycles. The van der Waals surface area contributed by atoms with E-state index < -0.39 is 0 Å². The largest absolute Gasteiger partial charge is 0.380 e. The van der Waals surface area contributed by atoms with Gasteiger partial charge in [0.25, 0.3) is 5.56 Å². The quantitative estimate of drug-likeness (QED) is 0.791. The van der Waals surface area contributed by atoms with Crippen molar-refractivity contribution in [2.45, 2.75) is 6.54 Å². The minimum absolute atomic E-state index is 0.0130. The highest BCUT2D eigenvalue weighted by Crippen LogP contribution is 2.21. The molecular formula is C16H15N3O. The number of fused-ring (bicyclic) bond motifs is 1. The van der Waals surface area contributed by atoms with Crippen LogP contribution in [0.2, 0.25) is 0 Å². The molecule has 0 unspecified atom stereocenters. The SMILES string of the molecule is Cn1c(=O)cc(NCc2ccncc2)c2ccccc21. The molecule has 4 nitrogen and oxygen atoms in total. The Labute approximate surface area is 116 Å². The Morgan fingerprint density at radius 3 is 2.70 bits per heavy atom. The summed E-state index contributed by atoms with van der Waals surface area (Å²) in [4.78, 5) is 16.0. The van der Waals surface area contributed by atoms with Crippen LogP contribution in [-0.2, 0) is 13.6 Å². The van der Waals surface area contributed by atoms with Gasteiger partial charge >= 0.3 is 0 Å². The summed E-state index contributed by atoms with van der Waals surface area (Å²) in [5.41, 5.74) is 2.91. The van der Waals surface area contributed by atoms with Gasteiger partial charge in [-0.2, -0.15) is 0 Å². The van der Waals surface area contributed by atoms with Crippen LogP contribution in [0.5, 0.6) is 0 Å². The number of aromatic nitrogens is 2. The fourth-order valence-electron chi connectivity index (χ4n) is 2.25. The lowest BCUT2D eigenvalue weighted by atomic mass is 10.1. The molecule has 1 aromatic carbocycles. The molecule has 3 rings (SSSR count).